The molecule has 116 valence electrons. The fourth-order valence-corrected chi connectivity index (χ4v) is 2.57. The molecule has 1 aromatic carbocycles. The third kappa shape index (κ3) is 3.57. The molecule has 22 heavy (non-hydrogen) atoms. The first-order valence-electron chi connectivity index (χ1n) is 6.94. The molecule has 6 nitrogen and oxygen atoms in total. The van der Waals surface area contributed by atoms with Gasteiger partial charge in [-0.15, -0.1) is 0 Å². The second-order valence-electron chi connectivity index (χ2n) is 4.85. The van der Waals surface area contributed by atoms with Crippen LogP contribution in [-0.4, -0.2) is 43.0 Å². The molecule has 0 saturated heterocycles. The summed E-state index contributed by atoms with van der Waals surface area (Å²) in [6, 6.07) is 7.26. The Labute approximate surface area is 137 Å². The number of hydrogen-bond donors (Lipinski definition) is 0. The maximum absolute atomic E-state index is 12.3. The maximum Gasteiger partial charge on any atom is 0.265 e. The van der Waals surface area contributed by atoms with Crippen LogP contribution in [0.25, 0.3) is 0 Å². The van der Waals surface area contributed by atoms with Crippen molar-refractivity contribution in [2.45, 2.75) is 13.3 Å². The molecule has 0 fully saturated rings. The summed E-state index contributed by atoms with van der Waals surface area (Å²) in [5.41, 5.74) is 0.571. The van der Waals surface area contributed by atoms with Crippen molar-refractivity contribution in [3.8, 4) is 11.8 Å². The number of carbonyl (C=O) groups excluding carboxylic acids is 2. The number of rotatable bonds is 5. The van der Waals surface area contributed by atoms with Crippen LogP contribution >= 0.6 is 15.9 Å². The summed E-state index contributed by atoms with van der Waals surface area (Å²) >= 11 is 3.35. The molecule has 1 aliphatic rings. The van der Waals surface area contributed by atoms with Crippen LogP contribution in [0, 0.1) is 11.3 Å². The highest BCUT2D eigenvalue weighted by Crippen LogP contribution is 2.34. The zero-order valence-corrected chi connectivity index (χ0v) is 13.8. The first-order valence-corrected chi connectivity index (χ1v) is 7.73. The monoisotopic (exact) mass is 365 g/mol. The van der Waals surface area contributed by atoms with E-state index >= 15 is 0 Å². The Balaban J connectivity index is 2.20. The lowest BCUT2D eigenvalue weighted by Crippen LogP contribution is -2.46. The molecule has 1 heterocycles. The van der Waals surface area contributed by atoms with E-state index in [0.717, 1.165) is 10.9 Å². The standard InChI is InChI=1S/C15H16BrN3O3/c1-2-6-18(7-5-17)14(20)9-19-12-4-3-11(16)8-13(12)22-10-15(19)21/h3-4,8H,2,6-7,9-10H2,1H3. The SMILES string of the molecule is CCCN(CC#N)C(=O)CN1C(=O)COc2cc(Br)ccc21. The van der Waals surface area contributed by atoms with Gasteiger partial charge in [0.1, 0.15) is 18.8 Å². The molecule has 0 spiro atoms. The van der Waals surface area contributed by atoms with Gasteiger partial charge in [-0.3, -0.25) is 14.5 Å². The first kappa shape index (κ1) is 16.3. The van der Waals surface area contributed by atoms with Crippen molar-refractivity contribution < 1.29 is 14.3 Å². The highest BCUT2D eigenvalue weighted by Gasteiger charge is 2.28. The van der Waals surface area contributed by atoms with Gasteiger partial charge in [0.15, 0.2) is 6.61 Å². The number of halogens is 1. The highest BCUT2D eigenvalue weighted by molar-refractivity contribution is 9.10. The van der Waals surface area contributed by atoms with Crippen LogP contribution in [0.3, 0.4) is 0 Å². The van der Waals surface area contributed by atoms with E-state index in [0.29, 0.717) is 18.0 Å². The van der Waals surface area contributed by atoms with Crippen molar-refractivity contribution in [2.75, 3.05) is 31.1 Å². The molecule has 0 atom stereocenters. The second-order valence-corrected chi connectivity index (χ2v) is 5.77. The number of ether oxygens (including phenoxy) is 1. The van der Waals surface area contributed by atoms with Gasteiger partial charge in [0.25, 0.3) is 5.91 Å². The molecule has 7 heteroatoms. The fraction of sp³-hybridized carbons (Fsp3) is 0.400. The Bertz CT molecular complexity index is 627. The predicted molar refractivity (Wildman–Crippen MR) is 84.5 cm³/mol. The van der Waals surface area contributed by atoms with E-state index in [1.54, 1.807) is 18.2 Å². The zero-order chi connectivity index (χ0) is 16.1. The predicted octanol–water partition coefficient (Wildman–Crippen LogP) is 1.94. The number of anilines is 1. The van der Waals surface area contributed by atoms with E-state index in [4.69, 9.17) is 10.00 Å². The number of nitriles is 1. The van der Waals surface area contributed by atoms with Gasteiger partial charge in [0.05, 0.1) is 11.8 Å². The van der Waals surface area contributed by atoms with E-state index in [1.807, 2.05) is 13.0 Å². The molecule has 0 N–H and O–H groups in total. The molecular weight excluding hydrogens is 350 g/mol. The summed E-state index contributed by atoms with van der Waals surface area (Å²) in [6.07, 6.45) is 0.758. The van der Waals surface area contributed by atoms with E-state index in [1.165, 1.54) is 9.80 Å². The van der Waals surface area contributed by atoms with Crippen molar-refractivity contribution in [3.05, 3.63) is 22.7 Å². The third-order valence-corrected chi connectivity index (χ3v) is 3.76. The molecule has 1 aromatic rings. The van der Waals surface area contributed by atoms with Crippen molar-refractivity contribution in [2.24, 2.45) is 0 Å². The normalized spacial score (nSPS) is 13.1. The number of amides is 2. The Kier molecular flexibility index (Phi) is 5.39. The van der Waals surface area contributed by atoms with Crippen molar-refractivity contribution in [1.82, 2.24) is 4.90 Å². The summed E-state index contributed by atoms with van der Waals surface area (Å²) in [6.45, 7) is 2.28. The first-order chi connectivity index (χ1) is 10.6. The van der Waals surface area contributed by atoms with Gasteiger partial charge in [-0.2, -0.15) is 5.26 Å². The number of benzene rings is 1. The van der Waals surface area contributed by atoms with E-state index < -0.39 is 0 Å². The van der Waals surface area contributed by atoms with Crippen LogP contribution in [0.5, 0.6) is 5.75 Å². The van der Waals surface area contributed by atoms with Crippen LogP contribution in [0.2, 0.25) is 0 Å². The van der Waals surface area contributed by atoms with Crippen LogP contribution in [-0.2, 0) is 9.59 Å². The van der Waals surface area contributed by atoms with E-state index in [2.05, 4.69) is 15.9 Å². The molecule has 0 aromatic heterocycles. The van der Waals surface area contributed by atoms with Crippen molar-refractivity contribution in [3.63, 3.8) is 0 Å². The third-order valence-electron chi connectivity index (χ3n) is 3.27. The van der Waals surface area contributed by atoms with Crippen molar-refractivity contribution >= 4 is 33.4 Å². The lowest BCUT2D eigenvalue weighted by molar-refractivity contribution is -0.131. The smallest absolute Gasteiger partial charge is 0.265 e. The Morgan fingerprint density at radius 1 is 1.55 bits per heavy atom. The van der Waals surface area contributed by atoms with Crippen molar-refractivity contribution in [1.29, 1.82) is 5.26 Å². The molecule has 2 amide bonds. The van der Waals surface area contributed by atoms with Crippen LogP contribution in [0.4, 0.5) is 5.69 Å². The van der Waals surface area contributed by atoms with Gasteiger partial charge in [0, 0.05) is 11.0 Å². The maximum atomic E-state index is 12.3. The summed E-state index contributed by atoms with van der Waals surface area (Å²) in [5, 5.41) is 8.81. The number of carbonyl (C=O) groups is 2. The average Bonchev–Trinajstić information content (AvgIpc) is 2.49. The summed E-state index contributed by atoms with van der Waals surface area (Å²) in [7, 11) is 0. The van der Waals surface area contributed by atoms with Gasteiger partial charge >= 0.3 is 0 Å². The second kappa shape index (κ2) is 7.27. The lowest BCUT2D eigenvalue weighted by atomic mass is 10.2. The largest absolute Gasteiger partial charge is 0.482 e. The number of nitrogens with zero attached hydrogens (tertiary/aromatic N) is 3. The molecule has 1 aliphatic heterocycles. The summed E-state index contributed by atoms with van der Waals surface area (Å²) in [5.74, 6) is 0.0493. The van der Waals surface area contributed by atoms with E-state index in [-0.39, 0.29) is 31.5 Å². The van der Waals surface area contributed by atoms with Gasteiger partial charge < -0.3 is 9.64 Å². The summed E-state index contributed by atoms with van der Waals surface area (Å²) < 4.78 is 6.22. The van der Waals surface area contributed by atoms with Crippen LogP contribution in [0.1, 0.15) is 13.3 Å². The fourth-order valence-electron chi connectivity index (χ4n) is 2.23. The van der Waals surface area contributed by atoms with E-state index in [9.17, 15) is 9.59 Å². The Morgan fingerprint density at radius 2 is 2.32 bits per heavy atom. The lowest BCUT2D eigenvalue weighted by Gasteiger charge is -2.30. The number of hydrogen-bond acceptors (Lipinski definition) is 4. The number of fused-ring (bicyclic) bond motifs is 1. The molecule has 2 rings (SSSR count). The molecular formula is C15H16BrN3O3. The quantitative estimate of drug-likeness (QED) is 0.747. The molecule has 0 aliphatic carbocycles. The van der Waals surface area contributed by atoms with Crippen LogP contribution < -0.4 is 9.64 Å². The summed E-state index contributed by atoms with van der Waals surface area (Å²) in [4.78, 5) is 27.3. The van der Waals surface area contributed by atoms with Gasteiger partial charge in [-0.1, -0.05) is 22.9 Å². The average molecular weight is 366 g/mol. The molecule has 0 radical (unpaired) electrons. The highest BCUT2D eigenvalue weighted by atomic mass is 79.9. The van der Waals surface area contributed by atoms with Crippen LogP contribution in [0.15, 0.2) is 22.7 Å². The van der Waals surface area contributed by atoms with Gasteiger partial charge in [0.2, 0.25) is 5.91 Å². The minimum absolute atomic E-state index is 0.0262. The van der Waals surface area contributed by atoms with Gasteiger partial charge in [-0.05, 0) is 24.6 Å². The topological polar surface area (TPSA) is 73.6 Å². The molecule has 0 unspecified atom stereocenters. The Morgan fingerprint density at radius 3 is 3.00 bits per heavy atom. The minimum Gasteiger partial charge on any atom is -0.482 e. The molecule has 0 saturated carbocycles. The van der Waals surface area contributed by atoms with Gasteiger partial charge in [-0.25, -0.2) is 0 Å². The molecule has 0 bridgehead atoms. The minimum atomic E-state index is -0.267. The Hall–Kier alpha value is -2.07. The zero-order valence-electron chi connectivity index (χ0n) is 12.2.